The van der Waals surface area contributed by atoms with Crippen molar-refractivity contribution >= 4 is 11.6 Å². The fraction of sp³-hybridized carbons (Fsp3) is 0.238. The molecule has 0 aliphatic carbocycles. The van der Waals surface area contributed by atoms with Crippen molar-refractivity contribution in [3.05, 3.63) is 66.4 Å². The summed E-state index contributed by atoms with van der Waals surface area (Å²) in [5, 5.41) is 7.14. The third kappa shape index (κ3) is 4.39. The maximum atomic E-state index is 12.8. The molecule has 7 nitrogen and oxygen atoms in total. The molecule has 0 saturated heterocycles. The number of nitrogens with zero attached hydrogens (tertiary/aromatic N) is 2. The van der Waals surface area contributed by atoms with E-state index in [1.54, 1.807) is 16.9 Å². The number of hydrogen-bond acceptors (Lipinski definition) is 5. The molecule has 0 aliphatic rings. The highest BCUT2D eigenvalue weighted by Crippen LogP contribution is 2.33. The van der Waals surface area contributed by atoms with Crippen molar-refractivity contribution in [3.8, 4) is 17.0 Å². The molecular formula is C21H24N4O3. The number of methoxy groups -OCH3 is 1. The highest BCUT2D eigenvalue weighted by atomic mass is 16.5. The van der Waals surface area contributed by atoms with Crippen LogP contribution < -0.4 is 15.8 Å². The highest BCUT2D eigenvalue weighted by molar-refractivity contribution is 5.95. The van der Waals surface area contributed by atoms with Gasteiger partial charge >= 0.3 is 0 Å². The number of aryl methyl sites for hydroxylation is 1. The second kappa shape index (κ2) is 9.16. The Morgan fingerprint density at radius 3 is 2.64 bits per heavy atom. The quantitative estimate of drug-likeness (QED) is 0.627. The summed E-state index contributed by atoms with van der Waals surface area (Å²) < 4.78 is 12.9. The van der Waals surface area contributed by atoms with Crippen LogP contribution in [0.4, 0.5) is 5.69 Å². The van der Waals surface area contributed by atoms with Crippen LogP contribution in [0.2, 0.25) is 0 Å². The van der Waals surface area contributed by atoms with E-state index in [-0.39, 0.29) is 5.91 Å². The second-order valence-electron chi connectivity index (χ2n) is 6.20. The maximum Gasteiger partial charge on any atom is 0.258 e. The summed E-state index contributed by atoms with van der Waals surface area (Å²) in [5.41, 5.74) is 8.68. The first-order chi connectivity index (χ1) is 13.6. The van der Waals surface area contributed by atoms with Crippen molar-refractivity contribution in [2.75, 3.05) is 25.6 Å². The first-order valence-electron chi connectivity index (χ1n) is 8.98. The zero-order chi connectivity index (χ0) is 19.9. The van der Waals surface area contributed by atoms with Gasteiger partial charge in [-0.1, -0.05) is 30.3 Å². The van der Waals surface area contributed by atoms with Crippen molar-refractivity contribution in [1.29, 1.82) is 0 Å². The smallest absolute Gasteiger partial charge is 0.258 e. The summed E-state index contributed by atoms with van der Waals surface area (Å²) in [6.45, 7) is 0.812. The average Bonchev–Trinajstić information content (AvgIpc) is 3.14. The van der Waals surface area contributed by atoms with E-state index in [0.717, 1.165) is 16.8 Å². The van der Waals surface area contributed by atoms with Crippen LogP contribution in [0.15, 0.2) is 60.8 Å². The standard InChI is InChI=1S/C21H24N4O3/c1-25-18(10-12-23-25)17-14-16(8-9-19(17)28-13-11-22)24-21(26)20(27-2)15-6-4-3-5-7-15/h3-10,12,14,20H,11,13,22H2,1-2H3,(H,24,26). The molecule has 1 heterocycles. The van der Waals surface area contributed by atoms with Crippen molar-refractivity contribution < 1.29 is 14.3 Å². The van der Waals surface area contributed by atoms with Gasteiger partial charge in [0.25, 0.3) is 5.91 Å². The molecule has 28 heavy (non-hydrogen) atoms. The summed E-state index contributed by atoms with van der Waals surface area (Å²) in [6.07, 6.45) is 1.01. The van der Waals surface area contributed by atoms with Crippen molar-refractivity contribution in [3.63, 3.8) is 0 Å². The minimum atomic E-state index is -0.700. The Morgan fingerprint density at radius 1 is 1.21 bits per heavy atom. The Hall–Kier alpha value is -3.16. The van der Waals surface area contributed by atoms with Crippen molar-refractivity contribution in [1.82, 2.24) is 9.78 Å². The van der Waals surface area contributed by atoms with Gasteiger partial charge in [0.05, 0.1) is 5.69 Å². The van der Waals surface area contributed by atoms with Gasteiger partial charge < -0.3 is 20.5 Å². The third-order valence-corrected chi connectivity index (χ3v) is 4.30. The fourth-order valence-electron chi connectivity index (χ4n) is 2.97. The Kier molecular flexibility index (Phi) is 6.41. The van der Waals surface area contributed by atoms with Gasteiger partial charge in [-0.25, -0.2) is 0 Å². The maximum absolute atomic E-state index is 12.8. The Balaban J connectivity index is 1.88. The monoisotopic (exact) mass is 380 g/mol. The summed E-state index contributed by atoms with van der Waals surface area (Å²) in [7, 11) is 3.37. The molecule has 1 amide bonds. The topological polar surface area (TPSA) is 91.4 Å². The van der Waals surface area contributed by atoms with Crippen molar-refractivity contribution in [2.45, 2.75) is 6.10 Å². The number of hydrogen-bond donors (Lipinski definition) is 2. The number of carbonyl (C=O) groups excluding carboxylic acids is 1. The van der Waals surface area contributed by atoms with Crippen LogP contribution >= 0.6 is 0 Å². The second-order valence-corrected chi connectivity index (χ2v) is 6.20. The van der Waals surface area contributed by atoms with Gasteiger partial charge in [-0.2, -0.15) is 5.10 Å². The highest BCUT2D eigenvalue weighted by Gasteiger charge is 2.20. The number of anilines is 1. The van der Waals surface area contributed by atoms with Gasteiger partial charge in [0.1, 0.15) is 12.4 Å². The molecule has 1 unspecified atom stereocenters. The summed E-state index contributed by atoms with van der Waals surface area (Å²) in [4.78, 5) is 12.8. The molecule has 7 heteroatoms. The third-order valence-electron chi connectivity index (χ3n) is 4.30. The lowest BCUT2D eigenvalue weighted by Crippen LogP contribution is -2.22. The van der Waals surface area contributed by atoms with Crippen LogP contribution in [0, 0.1) is 0 Å². The lowest BCUT2D eigenvalue weighted by Gasteiger charge is -2.17. The zero-order valence-corrected chi connectivity index (χ0v) is 16.0. The van der Waals surface area contributed by atoms with E-state index in [0.29, 0.717) is 24.6 Å². The minimum absolute atomic E-state index is 0.250. The summed E-state index contributed by atoms with van der Waals surface area (Å²) in [6, 6.07) is 16.7. The molecule has 1 aromatic heterocycles. The van der Waals surface area contributed by atoms with Crippen LogP contribution in [-0.2, 0) is 16.6 Å². The number of benzene rings is 2. The fourth-order valence-corrected chi connectivity index (χ4v) is 2.97. The summed E-state index contributed by atoms with van der Waals surface area (Å²) >= 11 is 0. The normalized spacial score (nSPS) is 11.8. The number of nitrogens with two attached hydrogens (primary N) is 1. The van der Waals surface area contributed by atoms with Gasteiger partial charge in [-0.15, -0.1) is 0 Å². The van der Waals surface area contributed by atoms with Gasteiger partial charge in [0.15, 0.2) is 6.10 Å². The van der Waals surface area contributed by atoms with Crippen LogP contribution in [-0.4, -0.2) is 35.9 Å². The number of ether oxygens (including phenoxy) is 2. The SMILES string of the molecule is COC(C(=O)Nc1ccc(OCCN)c(-c2ccnn2C)c1)c1ccccc1. The van der Waals surface area contributed by atoms with E-state index >= 15 is 0 Å². The largest absolute Gasteiger partial charge is 0.492 e. The number of nitrogens with one attached hydrogen (secondary N) is 1. The molecule has 0 saturated carbocycles. The molecule has 3 N–H and O–H groups in total. The van der Waals surface area contributed by atoms with Crippen LogP contribution in [0.5, 0.6) is 5.75 Å². The number of amides is 1. The predicted octanol–water partition coefficient (Wildman–Crippen LogP) is 2.75. The Bertz CT molecular complexity index is 924. The first kappa shape index (κ1) is 19.6. The number of aromatic nitrogens is 2. The van der Waals surface area contributed by atoms with Gasteiger partial charge in [0.2, 0.25) is 0 Å². The predicted molar refractivity (Wildman–Crippen MR) is 108 cm³/mol. The first-order valence-corrected chi connectivity index (χ1v) is 8.98. The molecule has 0 spiro atoms. The van der Waals surface area contributed by atoms with E-state index in [4.69, 9.17) is 15.2 Å². The molecule has 1 atom stereocenters. The van der Waals surface area contributed by atoms with Crippen LogP contribution in [0.3, 0.4) is 0 Å². The molecular weight excluding hydrogens is 356 g/mol. The Labute approximate surface area is 164 Å². The lowest BCUT2D eigenvalue weighted by molar-refractivity contribution is -0.126. The van der Waals surface area contributed by atoms with Gasteiger partial charge in [-0.05, 0) is 29.8 Å². The molecule has 0 aliphatic heterocycles. The molecule has 0 bridgehead atoms. The minimum Gasteiger partial charge on any atom is -0.492 e. The van der Waals surface area contributed by atoms with Crippen LogP contribution in [0.25, 0.3) is 11.3 Å². The average molecular weight is 380 g/mol. The van der Waals surface area contributed by atoms with E-state index in [2.05, 4.69) is 10.4 Å². The number of rotatable bonds is 8. The van der Waals surface area contributed by atoms with Gasteiger partial charge in [-0.3, -0.25) is 9.48 Å². The molecule has 146 valence electrons. The molecule has 2 aromatic carbocycles. The number of carbonyl (C=O) groups is 1. The van der Waals surface area contributed by atoms with E-state index < -0.39 is 6.10 Å². The Morgan fingerprint density at radius 2 is 2.00 bits per heavy atom. The molecule has 3 rings (SSSR count). The molecule has 0 radical (unpaired) electrons. The van der Waals surface area contributed by atoms with Gasteiger partial charge in [0, 0.05) is 38.1 Å². The summed E-state index contributed by atoms with van der Waals surface area (Å²) in [5.74, 6) is 0.429. The molecule has 3 aromatic rings. The zero-order valence-electron chi connectivity index (χ0n) is 16.0. The lowest BCUT2D eigenvalue weighted by atomic mass is 10.1. The molecule has 0 fully saturated rings. The van der Waals surface area contributed by atoms with E-state index in [9.17, 15) is 4.79 Å². The van der Waals surface area contributed by atoms with E-state index in [1.165, 1.54) is 7.11 Å². The van der Waals surface area contributed by atoms with E-state index in [1.807, 2.05) is 55.6 Å². The van der Waals surface area contributed by atoms with Crippen molar-refractivity contribution in [2.24, 2.45) is 12.8 Å². The van der Waals surface area contributed by atoms with Crippen LogP contribution in [0.1, 0.15) is 11.7 Å².